The largest absolute Gasteiger partial charge is 0.441 e. The van der Waals surface area contributed by atoms with Crippen molar-refractivity contribution in [2.75, 3.05) is 38.6 Å². The molecule has 1 fully saturated rings. The second-order valence-electron chi connectivity index (χ2n) is 6.28. The highest BCUT2D eigenvalue weighted by Crippen LogP contribution is 2.23. The van der Waals surface area contributed by atoms with Gasteiger partial charge in [-0.2, -0.15) is 4.31 Å². The minimum absolute atomic E-state index is 0.0323. The van der Waals surface area contributed by atoms with Crippen LogP contribution in [0.3, 0.4) is 0 Å². The Balaban J connectivity index is 1.43. The predicted octanol–water partition coefficient (Wildman–Crippen LogP) is 1.19. The van der Waals surface area contributed by atoms with Crippen molar-refractivity contribution >= 4 is 15.9 Å². The Morgan fingerprint density at radius 3 is 2.75 bits per heavy atom. The summed E-state index contributed by atoms with van der Waals surface area (Å²) < 4.78 is 50.1. The van der Waals surface area contributed by atoms with Crippen molar-refractivity contribution in [1.82, 2.24) is 14.6 Å². The Kier molecular flexibility index (Phi) is 6.76. The van der Waals surface area contributed by atoms with Crippen molar-refractivity contribution in [3.05, 3.63) is 42.2 Å². The van der Waals surface area contributed by atoms with Crippen molar-refractivity contribution in [3.63, 3.8) is 0 Å². The molecule has 0 spiro atoms. The molecule has 1 aromatic heterocycles. The zero-order valence-corrected chi connectivity index (χ0v) is 16.1. The van der Waals surface area contributed by atoms with E-state index < -0.39 is 15.8 Å². The maximum atomic E-state index is 13.8. The van der Waals surface area contributed by atoms with E-state index in [0.717, 1.165) is 0 Å². The standard InChI is InChI=1S/C18H22FN3O5S/c19-15-4-2-1-3-14(15)16-13-21-18(27-16)6-5-17(23)20-7-12-28(24,25)22-8-10-26-11-9-22/h1-4,13H,5-12H2,(H,20,23). The average Bonchev–Trinajstić information content (AvgIpc) is 3.16. The zero-order valence-electron chi connectivity index (χ0n) is 15.3. The number of morpholine rings is 1. The van der Waals surface area contributed by atoms with E-state index in [1.165, 1.54) is 16.6 Å². The fourth-order valence-electron chi connectivity index (χ4n) is 2.79. The topological polar surface area (TPSA) is 102 Å². The number of amides is 1. The van der Waals surface area contributed by atoms with Gasteiger partial charge in [0.05, 0.1) is 30.7 Å². The van der Waals surface area contributed by atoms with Gasteiger partial charge in [-0.25, -0.2) is 17.8 Å². The molecule has 1 aromatic carbocycles. The van der Waals surface area contributed by atoms with E-state index >= 15 is 0 Å². The number of halogens is 1. The summed E-state index contributed by atoms with van der Waals surface area (Å²) >= 11 is 0. The molecule has 0 unspecified atom stereocenters. The number of ether oxygens (including phenoxy) is 1. The molecule has 8 nitrogen and oxygen atoms in total. The summed E-state index contributed by atoms with van der Waals surface area (Å²) in [5, 5.41) is 2.59. The smallest absolute Gasteiger partial charge is 0.220 e. The number of hydrogen-bond donors (Lipinski definition) is 1. The molecular formula is C18H22FN3O5S. The van der Waals surface area contributed by atoms with Crippen LogP contribution in [0.15, 0.2) is 34.9 Å². The molecule has 1 amide bonds. The van der Waals surface area contributed by atoms with Crippen LogP contribution < -0.4 is 5.32 Å². The van der Waals surface area contributed by atoms with E-state index in [0.29, 0.717) is 43.5 Å². The van der Waals surface area contributed by atoms with Gasteiger partial charge in [0.25, 0.3) is 0 Å². The van der Waals surface area contributed by atoms with E-state index in [4.69, 9.17) is 9.15 Å². The van der Waals surface area contributed by atoms with Crippen LogP contribution in [0.5, 0.6) is 0 Å². The van der Waals surface area contributed by atoms with Crippen molar-refractivity contribution in [1.29, 1.82) is 0 Å². The highest BCUT2D eigenvalue weighted by molar-refractivity contribution is 7.89. The third-order valence-electron chi connectivity index (χ3n) is 4.30. The van der Waals surface area contributed by atoms with Gasteiger partial charge in [0.2, 0.25) is 15.9 Å². The fourth-order valence-corrected chi connectivity index (χ4v) is 4.12. The van der Waals surface area contributed by atoms with E-state index in [2.05, 4.69) is 10.3 Å². The molecule has 10 heteroatoms. The molecule has 0 radical (unpaired) electrons. The molecule has 2 heterocycles. The summed E-state index contributed by atoms with van der Waals surface area (Å²) in [5.74, 6) is -0.262. The lowest BCUT2D eigenvalue weighted by Gasteiger charge is -2.26. The number of carbonyl (C=O) groups is 1. The van der Waals surface area contributed by atoms with Gasteiger partial charge in [0.15, 0.2) is 11.7 Å². The molecular weight excluding hydrogens is 389 g/mol. The fraction of sp³-hybridized carbons (Fsp3) is 0.444. The van der Waals surface area contributed by atoms with Crippen molar-refractivity contribution in [2.45, 2.75) is 12.8 Å². The normalized spacial score (nSPS) is 15.5. The van der Waals surface area contributed by atoms with Gasteiger partial charge < -0.3 is 14.5 Å². The molecule has 152 valence electrons. The molecule has 0 aliphatic carbocycles. The summed E-state index contributed by atoms with van der Waals surface area (Å²) in [7, 11) is -3.41. The first-order valence-electron chi connectivity index (χ1n) is 8.97. The van der Waals surface area contributed by atoms with Crippen molar-refractivity contribution < 1.29 is 26.8 Å². The second kappa shape index (κ2) is 9.26. The average molecular weight is 411 g/mol. The number of nitrogens with one attached hydrogen (secondary N) is 1. The lowest BCUT2D eigenvalue weighted by molar-refractivity contribution is -0.121. The summed E-state index contributed by atoms with van der Waals surface area (Å²) in [6, 6.07) is 6.19. The third-order valence-corrected chi connectivity index (χ3v) is 6.18. The molecule has 0 atom stereocenters. The third kappa shape index (κ3) is 5.37. The molecule has 1 aliphatic heterocycles. The summed E-state index contributed by atoms with van der Waals surface area (Å²) in [6.07, 6.45) is 1.74. The van der Waals surface area contributed by atoms with Crippen LogP contribution in [0.2, 0.25) is 0 Å². The van der Waals surface area contributed by atoms with Gasteiger partial charge >= 0.3 is 0 Å². The van der Waals surface area contributed by atoms with Crippen LogP contribution >= 0.6 is 0 Å². The minimum atomic E-state index is -3.41. The van der Waals surface area contributed by atoms with E-state index in [1.54, 1.807) is 18.2 Å². The molecule has 1 aliphatic rings. The monoisotopic (exact) mass is 411 g/mol. The number of rotatable bonds is 8. The lowest BCUT2D eigenvalue weighted by atomic mass is 10.2. The van der Waals surface area contributed by atoms with Crippen LogP contribution in [-0.4, -0.2) is 62.2 Å². The maximum absolute atomic E-state index is 13.8. The van der Waals surface area contributed by atoms with Gasteiger partial charge in [-0.3, -0.25) is 4.79 Å². The molecule has 1 N–H and O–H groups in total. The molecule has 1 saturated heterocycles. The number of hydrogen-bond acceptors (Lipinski definition) is 6. The second-order valence-corrected chi connectivity index (χ2v) is 8.36. The number of benzene rings is 1. The SMILES string of the molecule is O=C(CCc1ncc(-c2ccccc2F)o1)NCCS(=O)(=O)N1CCOCC1. The first kappa shape index (κ1) is 20.4. The van der Waals surface area contributed by atoms with Crippen LogP contribution in [0.1, 0.15) is 12.3 Å². The Labute approximate surface area is 162 Å². The summed E-state index contributed by atoms with van der Waals surface area (Å²) in [6.45, 7) is 1.48. The Morgan fingerprint density at radius 2 is 2.00 bits per heavy atom. The zero-order chi connectivity index (χ0) is 20.0. The van der Waals surface area contributed by atoms with Gasteiger partial charge in [-0.15, -0.1) is 0 Å². The number of oxazole rings is 1. The maximum Gasteiger partial charge on any atom is 0.220 e. The highest BCUT2D eigenvalue weighted by atomic mass is 32.2. The van der Waals surface area contributed by atoms with E-state index in [9.17, 15) is 17.6 Å². The molecule has 0 bridgehead atoms. The van der Waals surface area contributed by atoms with Crippen molar-refractivity contribution in [2.24, 2.45) is 0 Å². The van der Waals surface area contributed by atoms with E-state index in [1.807, 2.05) is 0 Å². The van der Waals surface area contributed by atoms with E-state index in [-0.39, 0.29) is 31.0 Å². The van der Waals surface area contributed by atoms with Crippen LogP contribution in [-0.2, 0) is 26.0 Å². The Hall–Kier alpha value is -2.30. The predicted molar refractivity (Wildman–Crippen MR) is 99.4 cm³/mol. The van der Waals surface area contributed by atoms with Crippen LogP contribution in [0.4, 0.5) is 4.39 Å². The lowest BCUT2D eigenvalue weighted by Crippen LogP contribution is -2.43. The Morgan fingerprint density at radius 1 is 1.25 bits per heavy atom. The molecule has 0 saturated carbocycles. The number of carbonyl (C=O) groups excluding carboxylic acids is 1. The van der Waals surface area contributed by atoms with Gasteiger partial charge in [-0.05, 0) is 12.1 Å². The van der Waals surface area contributed by atoms with Gasteiger partial charge in [0, 0.05) is 32.5 Å². The van der Waals surface area contributed by atoms with Crippen LogP contribution in [0.25, 0.3) is 11.3 Å². The molecule has 2 aromatic rings. The minimum Gasteiger partial charge on any atom is -0.441 e. The number of aromatic nitrogens is 1. The van der Waals surface area contributed by atoms with Crippen LogP contribution in [0, 0.1) is 5.82 Å². The highest BCUT2D eigenvalue weighted by Gasteiger charge is 2.24. The number of nitrogens with zero attached hydrogens (tertiary/aromatic N) is 2. The van der Waals surface area contributed by atoms with Crippen molar-refractivity contribution in [3.8, 4) is 11.3 Å². The van der Waals surface area contributed by atoms with Gasteiger partial charge in [0.1, 0.15) is 5.82 Å². The first-order valence-corrected chi connectivity index (χ1v) is 10.6. The molecule has 3 rings (SSSR count). The summed E-state index contributed by atoms with van der Waals surface area (Å²) in [5.41, 5.74) is 0.305. The first-order chi connectivity index (χ1) is 13.5. The number of sulfonamides is 1. The molecule has 28 heavy (non-hydrogen) atoms. The quantitative estimate of drug-likeness (QED) is 0.700. The Bertz CT molecular complexity index is 909. The number of aryl methyl sites for hydroxylation is 1. The summed E-state index contributed by atoms with van der Waals surface area (Å²) in [4.78, 5) is 16.0. The van der Waals surface area contributed by atoms with Gasteiger partial charge in [-0.1, -0.05) is 12.1 Å².